The van der Waals surface area contributed by atoms with Gasteiger partial charge >= 0.3 is 0 Å². The molecule has 0 spiro atoms. The van der Waals surface area contributed by atoms with Crippen LogP contribution in [0.1, 0.15) is 29.3 Å². The lowest BCUT2D eigenvalue weighted by Gasteiger charge is -2.24. The van der Waals surface area contributed by atoms with E-state index in [0.29, 0.717) is 16.8 Å². The Hall–Kier alpha value is -2.34. The average Bonchev–Trinajstić information content (AvgIpc) is 2.55. The summed E-state index contributed by atoms with van der Waals surface area (Å²) < 4.78 is 25.6. The van der Waals surface area contributed by atoms with E-state index in [1.54, 1.807) is 24.4 Å². The van der Waals surface area contributed by atoms with E-state index in [-0.39, 0.29) is 16.4 Å². The van der Waals surface area contributed by atoms with Gasteiger partial charge in [-0.3, -0.25) is 4.98 Å². The van der Waals surface area contributed by atoms with Crippen LogP contribution in [-0.4, -0.2) is 32.1 Å². The summed E-state index contributed by atoms with van der Waals surface area (Å²) in [4.78, 5) is 6.17. The zero-order valence-corrected chi connectivity index (χ0v) is 14.8. The fourth-order valence-corrected chi connectivity index (χ4v) is 4.78. The van der Waals surface area contributed by atoms with Gasteiger partial charge in [0.15, 0.2) is 15.6 Å². The summed E-state index contributed by atoms with van der Waals surface area (Å²) in [7, 11) is -1.69. The molecule has 24 heavy (non-hydrogen) atoms. The van der Waals surface area contributed by atoms with Crippen LogP contribution >= 0.6 is 0 Å². The second-order valence-electron chi connectivity index (χ2n) is 5.91. The molecule has 5 nitrogen and oxygen atoms in total. The third-order valence-electron chi connectivity index (χ3n) is 4.42. The smallest absolute Gasteiger partial charge is 0.186 e. The maximum absolute atomic E-state index is 12.8. The molecular weight excluding hydrogens is 324 g/mol. The van der Waals surface area contributed by atoms with Gasteiger partial charge in [0.1, 0.15) is 10.6 Å². The lowest BCUT2D eigenvalue weighted by atomic mass is 10.0. The maximum atomic E-state index is 12.8. The molecule has 0 unspecified atom stereocenters. The molecule has 0 saturated heterocycles. The van der Waals surface area contributed by atoms with Gasteiger partial charge in [-0.25, -0.2) is 8.42 Å². The molecule has 0 saturated carbocycles. The van der Waals surface area contributed by atoms with Gasteiger partial charge in [-0.2, -0.15) is 0 Å². The van der Waals surface area contributed by atoms with Gasteiger partial charge < -0.3 is 10.0 Å². The molecular formula is C18H20N2O3S. The second-order valence-corrected chi connectivity index (χ2v) is 7.84. The summed E-state index contributed by atoms with van der Waals surface area (Å²) >= 11 is 0. The summed E-state index contributed by atoms with van der Waals surface area (Å²) in [6.45, 7) is 4.70. The van der Waals surface area contributed by atoms with Gasteiger partial charge in [0.25, 0.3) is 0 Å². The van der Waals surface area contributed by atoms with Crippen LogP contribution in [0.2, 0.25) is 0 Å². The number of aromatic nitrogens is 1. The number of pyridine rings is 1. The van der Waals surface area contributed by atoms with Crippen LogP contribution in [0.25, 0.3) is 10.7 Å². The topological polar surface area (TPSA) is 70.5 Å². The zero-order chi connectivity index (χ0) is 17.5. The van der Waals surface area contributed by atoms with Crippen molar-refractivity contribution in [2.75, 3.05) is 18.5 Å². The first-order chi connectivity index (χ1) is 11.4. The quantitative estimate of drug-likeness (QED) is 0.926. The fraction of sp³-hybridized carbons (Fsp3) is 0.278. The van der Waals surface area contributed by atoms with E-state index in [2.05, 4.69) is 4.98 Å². The monoisotopic (exact) mass is 344 g/mol. The van der Waals surface area contributed by atoms with Gasteiger partial charge in [0.2, 0.25) is 0 Å². The second kappa shape index (κ2) is 5.94. The standard InChI is InChI=1S/C18H20N2O3S/c1-4-20(3)15-9-5-8-14(12(15)2)18-17(21)16-13(7-6-10-19-16)11-24(18,22)23/h5-10,21H,4,11H2,1-3H3. The molecule has 1 aromatic carbocycles. The van der Waals surface area contributed by atoms with Crippen LogP contribution in [0.15, 0.2) is 36.5 Å². The van der Waals surface area contributed by atoms with Crippen molar-refractivity contribution in [3.8, 4) is 0 Å². The molecule has 2 heterocycles. The molecule has 0 amide bonds. The van der Waals surface area contributed by atoms with E-state index in [1.165, 1.54) is 0 Å². The van der Waals surface area contributed by atoms with Crippen molar-refractivity contribution in [3.05, 3.63) is 58.9 Å². The predicted molar refractivity (Wildman–Crippen MR) is 96.4 cm³/mol. The Labute approximate surface area is 142 Å². The predicted octanol–water partition coefficient (Wildman–Crippen LogP) is 3.16. The van der Waals surface area contributed by atoms with Crippen molar-refractivity contribution >= 4 is 26.2 Å². The first-order valence-electron chi connectivity index (χ1n) is 7.78. The molecule has 0 bridgehead atoms. The molecule has 0 radical (unpaired) electrons. The van der Waals surface area contributed by atoms with E-state index >= 15 is 0 Å². The minimum Gasteiger partial charge on any atom is -0.504 e. The number of anilines is 1. The Kier molecular flexibility index (Phi) is 4.09. The van der Waals surface area contributed by atoms with Crippen molar-refractivity contribution in [3.63, 3.8) is 0 Å². The molecule has 1 aliphatic rings. The summed E-state index contributed by atoms with van der Waals surface area (Å²) in [6.07, 6.45) is 1.55. The van der Waals surface area contributed by atoms with E-state index in [1.807, 2.05) is 37.9 Å². The number of aliphatic hydroxyl groups excluding tert-OH is 1. The molecule has 2 aromatic rings. The third kappa shape index (κ3) is 2.57. The van der Waals surface area contributed by atoms with Crippen LogP contribution in [-0.2, 0) is 15.6 Å². The van der Waals surface area contributed by atoms with Gasteiger partial charge in [0.05, 0.1) is 5.75 Å². The SMILES string of the molecule is CCN(C)c1cccc(C2=C(O)c3ncccc3CS2(=O)=O)c1C. The van der Waals surface area contributed by atoms with E-state index in [4.69, 9.17) is 0 Å². The number of aliphatic hydroxyl groups is 1. The largest absolute Gasteiger partial charge is 0.504 e. The van der Waals surface area contributed by atoms with Crippen molar-refractivity contribution in [2.24, 2.45) is 0 Å². The van der Waals surface area contributed by atoms with E-state index in [0.717, 1.165) is 17.8 Å². The number of fused-ring (bicyclic) bond motifs is 1. The number of nitrogens with zero attached hydrogens (tertiary/aromatic N) is 2. The fourth-order valence-electron chi connectivity index (χ4n) is 3.05. The summed E-state index contributed by atoms with van der Waals surface area (Å²) in [6, 6.07) is 8.85. The van der Waals surface area contributed by atoms with Gasteiger partial charge in [-0.15, -0.1) is 0 Å². The highest BCUT2D eigenvalue weighted by atomic mass is 32.2. The molecule has 6 heteroatoms. The minimum atomic E-state index is -3.64. The first-order valence-corrected chi connectivity index (χ1v) is 9.43. The molecule has 1 aliphatic heterocycles. The number of sulfone groups is 1. The zero-order valence-electron chi connectivity index (χ0n) is 13.9. The number of hydrogen-bond acceptors (Lipinski definition) is 5. The molecule has 1 N–H and O–H groups in total. The molecule has 0 fully saturated rings. The highest BCUT2D eigenvalue weighted by Gasteiger charge is 2.33. The van der Waals surface area contributed by atoms with Crippen LogP contribution in [0.5, 0.6) is 0 Å². The number of hydrogen-bond donors (Lipinski definition) is 1. The summed E-state index contributed by atoms with van der Waals surface area (Å²) in [5.74, 6) is -0.417. The van der Waals surface area contributed by atoms with E-state index < -0.39 is 9.84 Å². The van der Waals surface area contributed by atoms with Crippen molar-refractivity contribution in [1.82, 2.24) is 4.98 Å². The number of benzene rings is 1. The van der Waals surface area contributed by atoms with Crippen LogP contribution in [0.4, 0.5) is 5.69 Å². The van der Waals surface area contributed by atoms with Gasteiger partial charge in [0, 0.05) is 31.0 Å². The molecule has 126 valence electrons. The third-order valence-corrected chi connectivity index (χ3v) is 6.15. The molecule has 0 aliphatic carbocycles. The van der Waals surface area contributed by atoms with Crippen LogP contribution in [0.3, 0.4) is 0 Å². The van der Waals surface area contributed by atoms with Crippen molar-refractivity contribution < 1.29 is 13.5 Å². The molecule has 1 aromatic heterocycles. The Morgan fingerprint density at radius 3 is 2.71 bits per heavy atom. The lowest BCUT2D eigenvalue weighted by Crippen LogP contribution is -2.20. The van der Waals surface area contributed by atoms with Crippen LogP contribution < -0.4 is 4.90 Å². The van der Waals surface area contributed by atoms with Crippen molar-refractivity contribution in [2.45, 2.75) is 19.6 Å². The van der Waals surface area contributed by atoms with Crippen molar-refractivity contribution in [1.29, 1.82) is 0 Å². The van der Waals surface area contributed by atoms with Gasteiger partial charge in [-0.1, -0.05) is 18.2 Å². The summed E-state index contributed by atoms with van der Waals surface area (Å²) in [5, 5.41) is 10.6. The summed E-state index contributed by atoms with van der Waals surface area (Å²) in [5.41, 5.74) is 3.17. The lowest BCUT2D eigenvalue weighted by molar-refractivity contribution is 0.508. The van der Waals surface area contributed by atoms with Crippen LogP contribution in [0, 0.1) is 6.92 Å². The Balaban J connectivity index is 2.29. The highest BCUT2D eigenvalue weighted by molar-refractivity contribution is 8.00. The Morgan fingerprint density at radius 1 is 1.25 bits per heavy atom. The van der Waals surface area contributed by atoms with Gasteiger partial charge in [-0.05, 0) is 37.1 Å². The highest BCUT2D eigenvalue weighted by Crippen LogP contribution is 2.39. The maximum Gasteiger partial charge on any atom is 0.186 e. The molecule has 3 rings (SSSR count). The Bertz CT molecular complexity index is 933. The number of rotatable bonds is 3. The minimum absolute atomic E-state index is 0.0300. The normalized spacial score (nSPS) is 16.0. The average molecular weight is 344 g/mol. The molecule has 0 atom stereocenters. The van der Waals surface area contributed by atoms with E-state index in [9.17, 15) is 13.5 Å². The Morgan fingerprint density at radius 2 is 2.00 bits per heavy atom. The first kappa shape index (κ1) is 16.5.